The fourth-order valence-electron chi connectivity index (χ4n) is 4.46. The van der Waals surface area contributed by atoms with Crippen molar-refractivity contribution >= 4 is 29.1 Å². The smallest absolute Gasteiger partial charge is 0.273 e. The maximum atomic E-state index is 13.9. The molecule has 0 radical (unpaired) electrons. The zero-order chi connectivity index (χ0) is 25.1. The molecule has 4 heterocycles. The summed E-state index contributed by atoms with van der Waals surface area (Å²) < 4.78 is 19.5. The summed E-state index contributed by atoms with van der Waals surface area (Å²) in [5.41, 5.74) is 0.283. The highest BCUT2D eigenvalue weighted by Crippen LogP contribution is 2.30. The molecule has 5 rings (SSSR count). The van der Waals surface area contributed by atoms with Crippen LogP contribution in [0, 0.1) is 5.82 Å². The van der Waals surface area contributed by atoms with Crippen LogP contribution in [-0.2, 0) is 4.79 Å². The van der Waals surface area contributed by atoms with E-state index < -0.39 is 11.7 Å². The molecule has 2 aliphatic heterocycles. The number of hydrogen-bond acceptors (Lipinski definition) is 8. The van der Waals surface area contributed by atoms with Crippen LogP contribution < -0.4 is 15.4 Å². The van der Waals surface area contributed by atoms with E-state index in [4.69, 9.17) is 4.74 Å². The average Bonchev–Trinajstić information content (AvgIpc) is 3.53. The number of benzene rings is 1. The number of ether oxygens (including phenoxy) is 1. The number of amides is 3. The molecule has 2 aromatic heterocycles. The maximum absolute atomic E-state index is 13.9. The molecule has 3 aromatic rings. The van der Waals surface area contributed by atoms with Gasteiger partial charge in [-0.25, -0.2) is 19.3 Å². The van der Waals surface area contributed by atoms with E-state index in [1.165, 1.54) is 23.5 Å². The minimum atomic E-state index is -0.568. The Bertz CT molecular complexity index is 1290. The predicted molar refractivity (Wildman–Crippen MR) is 128 cm³/mol. The van der Waals surface area contributed by atoms with Crippen molar-refractivity contribution in [2.24, 2.45) is 0 Å². The van der Waals surface area contributed by atoms with Crippen LogP contribution >= 0.6 is 11.3 Å². The first-order valence-corrected chi connectivity index (χ1v) is 12.4. The van der Waals surface area contributed by atoms with Gasteiger partial charge >= 0.3 is 0 Å². The lowest BCUT2D eigenvalue weighted by Crippen LogP contribution is -2.48. The SMILES string of the molecule is O=C1C[C@@H]2CC[C@H](CNC(=O)c3cc(F)ccc3OCCN1)N2C(=O)c1csc(-c2ncccn2)n1. The zero-order valence-electron chi connectivity index (χ0n) is 19.1. The molecule has 36 heavy (non-hydrogen) atoms. The van der Waals surface area contributed by atoms with Gasteiger partial charge in [-0.3, -0.25) is 14.4 Å². The van der Waals surface area contributed by atoms with Gasteiger partial charge in [0, 0.05) is 42.8 Å². The molecular formula is C24H23FN6O4S. The van der Waals surface area contributed by atoms with Gasteiger partial charge in [0.1, 0.15) is 23.9 Å². The van der Waals surface area contributed by atoms with Crippen molar-refractivity contribution in [1.82, 2.24) is 30.5 Å². The van der Waals surface area contributed by atoms with Crippen molar-refractivity contribution in [3.63, 3.8) is 0 Å². The van der Waals surface area contributed by atoms with Crippen LogP contribution in [0.5, 0.6) is 5.75 Å². The monoisotopic (exact) mass is 510 g/mol. The Hall–Kier alpha value is -3.93. The van der Waals surface area contributed by atoms with Crippen LogP contribution in [0.25, 0.3) is 10.8 Å². The topological polar surface area (TPSA) is 126 Å². The minimum Gasteiger partial charge on any atom is -0.491 e. The van der Waals surface area contributed by atoms with Crippen LogP contribution in [0.15, 0.2) is 42.0 Å². The maximum Gasteiger partial charge on any atom is 0.273 e. The number of nitrogens with one attached hydrogen (secondary N) is 2. The summed E-state index contributed by atoms with van der Waals surface area (Å²) in [6.07, 6.45) is 4.51. The van der Waals surface area contributed by atoms with Crippen LogP contribution in [0.2, 0.25) is 0 Å². The quantitative estimate of drug-likeness (QED) is 0.540. The Morgan fingerprint density at radius 2 is 1.94 bits per heavy atom. The first-order valence-electron chi connectivity index (χ1n) is 11.5. The van der Waals surface area contributed by atoms with Gasteiger partial charge in [0.25, 0.3) is 11.8 Å². The van der Waals surface area contributed by atoms with Crippen molar-refractivity contribution in [2.45, 2.75) is 31.3 Å². The Morgan fingerprint density at radius 3 is 2.78 bits per heavy atom. The third-order valence-electron chi connectivity index (χ3n) is 6.12. The van der Waals surface area contributed by atoms with E-state index in [1.807, 2.05) is 0 Å². The van der Waals surface area contributed by atoms with Gasteiger partial charge in [0.05, 0.1) is 12.1 Å². The summed E-state index contributed by atoms with van der Waals surface area (Å²) in [7, 11) is 0. The molecule has 0 spiro atoms. The van der Waals surface area contributed by atoms with Gasteiger partial charge in [0.2, 0.25) is 5.91 Å². The molecule has 1 fully saturated rings. The molecule has 2 atom stereocenters. The van der Waals surface area contributed by atoms with Gasteiger partial charge in [-0.2, -0.15) is 0 Å². The fraction of sp³-hybridized carbons (Fsp3) is 0.333. The second kappa shape index (κ2) is 10.4. The summed E-state index contributed by atoms with van der Waals surface area (Å²) in [5.74, 6) is -0.968. The molecule has 2 bridgehead atoms. The van der Waals surface area contributed by atoms with Gasteiger partial charge < -0.3 is 20.3 Å². The number of thiazole rings is 1. The Kier molecular flexibility index (Phi) is 6.85. The van der Waals surface area contributed by atoms with Gasteiger partial charge in [-0.05, 0) is 37.1 Å². The Labute approximate surface area is 209 Å². The normalized spacial score (nSPS) is 20.5. The number of rotatable bonds is 2. The third-order valence-corrected chi connectivity index (χ3v) is 6.96. The summed E-state index contributed by atoms with van der Waals surface area (Å²) in [6.45, 7) is 0.446. The molecule has 3 amide bonds. The second-order valence-electron chi connectivity index (χ2n) is 8.46. The number of carbonyl (C=O) groups is 3. The highest BCUT2D eigenvalue weighted by Gasteiger charge is 2.39. The van der Waals surface area contributed by atoms with Gasteiger partial charge in [0.15, 0.2) is 10.8 Å². The van der Waals surface area contributed by atoms with Crippen LogP contribution in [0.4, 0.5) is 4.39 Å². The van der Waals surface area contributed by atoms with E-state index in [2.05, 4.69) is 25.6 Å². The van der Waals surface area contributed by atoms with Crippen LogP contribution in [0.1, 0.15) is 40.1 Å². The average molecular weight is 511 g/mol. The fourth-order valence-corrected chi connectivity index (χ4v) is 5.20. The molecule has 1 aromatic carbocycles. The molecule has 2 aliphatic rings. The predicted octanol–water partition coefficient (Wildman–Crippen LogP) is 2.04. The molecule has 10 nitrogen and oxygen atoms in total. The molecular weight excluding hydrogens is 487 g/mol. The lowest BCUT2D eigenvalue weighted by atomic mass is 10.1. The summed E-state index contributed by atoms with van der Waals surface area (Å²) in [5, 5.41) is 7.76. The minimum absolute atomic E-state index is 0.0535. The lowest BCUT2D eigenvalue weighted by molar-refractivity contribution is -0.122. The molecule has 186 valence electrons. The largest absolute Gasteiger partial charge is 0.491 e. The van der Waals surface area contributed by atoms with Gasteiger partial charge in [-0.1, -0.05) is 0 Å². The van der Waals surface area contributed by atoms with Crippen molar-refractivity contribution in [3.8, 4) is 16.6 Å². The van der Waals surface area contributed by atoms with Gasteiger partial charge in [-0.15, -0.1) is 11.3 Å². The molecule has 0 aliphatic carbocycles. The molecule has 0 unspecified atom stereocenters. The lowest BCUT2D eigenvalue weighted by Gasteiger charge is -2.30. The number of carbonyl (C=O) groups excluding carboxylic acids is 3. The number of fused-ring (bicyclic) bond motifs is 3. The standard InChI is InChI=1S/C24H23FN6O4S/c25-14-2-5-19-17(10-14)22(33)29-12-16-4-3-15(11-20(32)26-8-9-35-19)31(16)24(34)18-13-36-23(30-18)21-27-6-1-7-28-21/h1-2,5-7,10,13,15-16H,3-4,8-9,11-12H2,(H,26,32)(H,29,33)/t15-,16+/m0/s1. The highest BCUT2D eigenvalue weighted by atomic mass is 32.1. The van der Waals surface area contributed by atoms with E-state index in [9.17, 15) is 18.8 Å². The van der Waals surface area contributed by atoms with Crippen molar-refractivity contribution < 1.29 is 23.5 Å². The highest BCUT2D eigenvalue weighted by molar-refractivity contribution is 7.13. The first kappa shape index (κ1) is 23.8. The van der Waals surface area contributed by atoms with E-state index >= 15 is 0 Å². The van der Waals surface area contributed by atoms with E-state index in [0.29, 0.717) is 23.7 Å². The Morgan fingerprint density at radius 1 is 1.14 bits per heavy atom. The number of aromatic nitrogens is 3. The number of halogens is 1. The van der Waals surface area contributed by atoms with Crippen molar-refractivity contribution in [3.05, 3.63) is 59.1 Å². The Balaban J connectivity index is 1.41. The summed E-state index contributed by atoms with van der Waals surface area (Å²) >= 11 is 1.26. The zero-order valence-corrected chi connectivity index (χ0v) is 20.0. The summed E-state index contributed by atoms with van der Waals surface area (Å²) in [4.78, 5) is 53.6. The molecule has 0 saturated carbocycles. The molecule has 2 N–H and O–H groups in total. The van der Waals surface area contributed by atoms with E-state index in [0.717, 1.165) is 6.07 Å². The number of hydrogen-bond donors (Lipinski definition) is 2. The first-order chi connectivity index (χ1) is 17.5. The van der Waals surface area contributed by atoms with Crippen LogP contribution in [0.3, 0.4) is 0 Å². The van der Waals surface area contributed by atoms with Crippen LogP contribution in [-0.4, -0.2) is 69.4 Å². The van der Waals surface area contributed by atoms with E-state index in [1.54, 1.807) is 28.7 Å². The second-order valence-corrected chi connectivity index (χ2v) is 9.32. The molecule has 12 heteroatoms. The van der Waals surface area contributed by atoms with Crippen molar-refractivity contribution in [1.29, 1.82) is 0 Å². The summed E-state index contributed by atoms with van der Waals surface area (Å²) in [6, 6.07) is 4.68. The third kappa shape index (κ3) is 5.03. The van der Waals surface area contributed by atoms with Crippen molar-refractivity contribution in [2.75, 3.05) is 19.7 Å². The molecule has 1 saturated heterocycles. The van der Waals surface area contributed by atoms with E-state index in [-0.39, 0.29) is 67.0 Å². The number of nitrogens with zero attached hydrogens (tertiary/aromatic N) is 4.